The number of halogens is 1. The Hall–Kier alpha value is -4.66. The van der Waals surface area contributed by atoms with Crippen LogP contribution in [0.1, 0.15) is 23.1 Å². The van der Waals surface area contributed by atoms with Crippen LogP contribution >= 0.6 is 11.3 Å². The molecular formula is C33H29FN6S. The summed E-state index contributed by atoms with van der Waals surface area (Å²) in [5.41, 5.74) is 6.67. The van der Waals surface area contributed by atoms with E-state index >= 15 is 4.39 Å². The van der Waals surface area contributed by atoms with Crippen molar-refractivity contribution < 1.29 is 4.39 Å². The molecule has 0 unspecified atom stereocenters. The van der Waals surface area contributed by atoms with Crippen LogP contribution in [0.25, 0.3) is 49.5 Å². The van der Waals surface area contributed by atoms with E-state index in [1.165, 1.54) is 10.4 Å². The number of thiophene rings is 1. The Morgan fingerprint density at radius 1 is 1.07 bits per heavy atom. The number of nitrogens with one attached hydrogen (secondary N) is 3. The number of hydrogen-bond donors (Lipinski definition) is 3. The van der Waals surface area contributed by atoms with Crippen molar-refractivity contribution >= 4 is 38.8 Å². The van der Waals surface area contributed by atoms with Gasteiger partial charge in [-0.2, -0.15) is 5.10 Å². The normalized spacial score (nSPS) is 12.5. The molecule has 0 radical (unpaired) electrons. The monoisotopic (exact) mass is 560 g/mol. The number of hydrogen-bond acceptors (Lipinski definition) is 5. The minimum absolute atomic E-state index is 0.246. The summed E-state index contributed by atoms with van der Waals surface area (Å²) in [7, 11) is 0. The van der Waals surface area contributed by atoms with Gasteiger partial charge < -0.3 is 10.3 Å². The Morgan fingerprint density at radius 2 is 1.93 bits per heavy atom. The topological polar surface area (TPSA) is 82.3 Å². The number of fused-ring (bicyclic) bond motifs is 2. The number of aryl methyl sites for hydroxylation is 1. The summed E-state index contributed by atoms with van der Waals surface area (Å²) in [6.45, 7) is 9.23. The molecule has 0 bridgehead atoms. The summed E-state index contributed by atoms with van der Waals surface area (Å²) >= 11 is 1.72. The van der Waals surface area contributed by atoms with Crippen molar-refractivity contribution in [1.29, 1.82) is 0 Å². The van der Waals surface area contributed by atoms with Crippen LogP contribution in [-0.4, -0.2) is 31.7 Å². The van der Waals surface area contributed by atoms with E-state index in [9.17, 15) is 0 Å². The number of H-pyrrole nitrogens is 2. The van der Waals surface area contributed by atoms with E-state index in [0.717, 1.165) is 33.6 Å². The van der Waals surface area contributed by atoms with Crippen molar-refractivity contribution in [1.82, 2.24) is 30.5 Å². The SMILES string of the molecule is C=C/C(=C\C(=C/C)c1ncc2[nH]nc(-c3nc4c(-c5ccc(C)s5)cccc4[nH]3)c2c1F)CNCc1ccccc1. The fourth-order valence-electron chi connectivity index (χ4n) is 4.89. The molecule has 0 saturated carbocycles. The number of para-hydroxylation sites is 1. The van der Waals surface area contributed by atoms with E-state index in [1.807, 2.05) is 49.4 Å². The summed E-state index contributed by atoms with van der Waals surface area (Å²) in [6.07, 6.45) is 7.17. The highest BCUT2D eigenvalue weighted by Crippen LogP contribution is 2.36. The molecule has 0 aliphatic heterocycles. The molecule has 4 heterocycles. The molecule has 204 valence electrons. The van der Waals surface area contributed by atoms with Crippen LogP contribution in [0.15, 0.2) is 97.2 Å². The summed E-state index contributed by atoms with van der Waals surface area (Å²) in [5, 5.41) is 11.1. The van der Waals surface area contributed by atoms with Gasteiger partial charge in [0.15, 0.2) is 11.6 Å². The quantitative estimate of drug-likeness (QED) is 0.157. The summed E-state index contributed by atoms with van der Waals surface area (Å²) in [5.74, 6) is 0.0447. The molecule has 0 spiro atoms. The molecule has 6 aromatic rings. The van der Waals surface area contributed by atoms with E-state index in [0.29, 0.717) is 34.5 Å². The fourth-order valence-corrected chi connectivity index (χ4v) is 5.78. The van der Waals surface area contributed by atoms with Crippen LogP contribution < -0.4 is 5.32 Å². The molecule has 0 fully saturated rings. The first-order chi connectivity index (χ1) is 20.1. The van der Waals surface area contributed by atoms with Crippen molar-refractivity contribution in [3.63, 3.8) is 0 Å². The average Bonchev–Trinajstić information content (AvgIpc) is 3.74. The third-order valence-electron chi connectivity index (χ3n) is 6.98. The molecular weight excluding hydrogens is 531 g/mol. The van der Waals surface area contributed by atoms with Crippen LogP contribution in [0.2, 0.25) is 0 Å². The van der Waals surface area contributed by atoms with Crippen molar-refractivity contribution in [3.05, 3.63) is 119 Å². The molecule has 0 amide bonds. The van der Waals surface area contributed by atoms with Crippen molar-refractivity contribution in [2.75, 3.05) is 6.54 Å². The van der Waals surface area contributed by atoms with Crippen molar-refractivity contribution in [2.45, 2.75) is 20.4 Å². The van der Waals surface area contributed by atoms with E-state index in [1.54, 1.807) is 23.6 Å². The van der Waals surface area contributed by atoms with Gasteiger partial charge in [-0.25, -0.2) is 9.37 Å². The van der Waals surface area contributed by atoms with E-state index in [-0.39, 0.29) is 5.69 Å². The van der Waals surface area contributed by atoms with Gasteiger partial charge in [-0.3, -0.25) is 10.1 Å². The number of aromatic nitrogens is 5. The Morgan fingerprint density at radius 3 is 2.68 bits per heavy atom. The Labute approximate surface area is 241 Å². The predicted molar refractivity (Wildman–Crippen MR) is 167 cm³/mol. The van der Waals surface area contributed by atoms with Gasteiger partial charge in [-0.05, 0) is 54.8 Å². The zero-order valence-electron chi connectivity index (χ0n) is 22.8. The number of imidazole rings is 1. The van der Waals surface area contributed by atoms with Crippen LogP contribution in [0.4, 0.5) is 4.39 Å². The van der Waals surface area contributed by atoms with Crippen LogP contribution in [0.5, 0.6) is 0 Å². The van der Waals surface area contributed by atoms with Crippen molar-refractivity contribution in [3.8, 4) is 22.0 Å². The second kappa shape index (κ2) is 11.4. The van der Waals surface area contributed by atoms with Crippen LogP contribution in [-0.2, 0) is 6.54 Å². The molecule has 6 nitrogen and oxygen atoms in total. The number of pyridine rings is 1. The molecule has 0 aliphatic carbocycles. The molecule has 6 rings (SSSR count). The summed E-state index contributed by atoms with van der Waals surface area (Å²) in [4.78, 5) is 15.1. The maximum absolute atomic E-state index is 16.2. The minimum Gasteiger partial charge on any atom is -0.337 e. The number of rotatable bonds is 9. The first-order valence-corrected chi connectivity index (χ1v) is 14.2. The average molecular weight is 561 g/mol. The molecule has 2 aromatic carbocycles. The lowest BCUT2D eigenvalue weighted by Crippen LogP contribution is -2.16. The second-order valence-corrected chi connectivity index (χ2v) is 11.0. The summed E-state index contributed by atoms with van der Waals surface area (Å²) < 4.78 is 16.2. The molecule has 4 aromatic heterocycles. The standard InChI is InChI=1S/C33H29FN6S/c1-4-21(17-35-18-22-10-7-6-8-11-22)16-23(5-2)30-29(34)28-26(19-36-30)39-40-32(28)33-37-25-13-9-12-24(31(25)38-33)27-15-14-20(3)41-27/h4-16,19,35H,1,17-18H2,2-3H3,(H,37,38)(H,39,40)/b21-16+,23-5+. The molecule has 0 aliphatic rings. The molecule has 0 saturated heterocycles. The smallest absolute Gasteiger partial charge is 0.161 e. The lowest BCUT2D eigenvalue weighted by atomic mass is 10.0. The van der Waals surface area contributed by atoms with Gasteiger partial charge in [0.05, 0.1) is 28.1 Å². The number of nitrogens with zero attached hydrogens (tertiary/aromatic N) is 3. The third-order valence-corrected chi connectivity index (χ3v) is 8.01. The fraction of sp³-hybridized carbons (Fsp3) is 0.121. The van der Waals surface area contributed by atoms with Crippen molar-refractivity contribution in [2.24, 2.45) is 0 Å². The highest BCUT2D eigenvalue weighted by atomic mass is 32.1. The highest BCUT2D eigenvalue weighted by molar-refractivity contribution is 7.15. The van der Waals surface area contributed by atoms with Gasteiger partial charge in [0.1, 0.15) is 11.4 Å². The first kappa shape index (κ1) is 26.6. The zero-order chi connectivity index (χ0) is 28.3. The van der Waals surface area contributed by atoms with Crippen LogP contribution in [0.3, 0.4) is 0 Å². The second-order valence-electron chi connectivity index (χ2n) is 9.74. The van der Waals surface area contributed by atoms with Gasteiger partial charge >= 0.3 is 0 Å². The number of allylic oxidation sites excluding steroid dienone is 3. The first-order valence-electron chi connectivity index (χ1n) is 13.4. The third kappa shape index (κ3) is 5.27. The zero-order valence-corrected chi connectivity index (χ0v) is 23.6. The van der Waals surface area contributed by atoms with Crippen LogP contribution in [0, 0.1) is 12.7 Å². The molecule has 0 atom stereocenters. The van der Waals surface area contributed by atoms with Gasteiger partial charge in [-0.15, -0.1) is 11.3 Å². The van der Waals surface area contributed by atoms with Gasteiger partial charge in [-0.1, -0.05) is 61.2 Å². The number of aromatic amines is 2. The Balaban J connectivity index is 1.34. The highest BCUT2D eigenvalue weighted by Gasteiger charge is 2.21. The Bertz CT molecular complexity index is 1930. The minimum atomic E-state index is -0.453. The summed E-state index contributed by atoms with van der Waals surface area (Å²) in [6, 6.07) is 20.4. The van der Waals surface area contributed by atoms with Gasteiger partial charge in [0.25, 0.3) is 0 Å². The lowest BCUT2D eigenvalue weighted by molar-refractivity contribution is 0.630. The van der Waals surface area contributed by atoms with E-state index in [4.69, 9.17) is 4.98 Å². The molecule has 8 heteroatoms. The van der Waals surface area contributed by atoms with Gasteiger partial charge in [0.2, 0.25) is 0 Å². The predicted octanol–water partition coefficient (Wildman–Crippen LogP) is 7.98. The van der Waals surface area contributed by atoms with E-state index < -0.39 is 5.82 Å². The molecule has 41 heavy (non-hydrogen) atoms. The maximum Gasteiger partial charge on any atom is 0.161 e. The Kier molecular flexibility index (Phi) is 7.41. The van der Waals surface area contributed by atoms with Gasteiger partial charge in [0, 0.05) is 28.4 Å². The lowest BCUT2D eigenvalue weighted by Gasteiger charge is -2.09. The molecule has 3 N–H and O–H groups in total. The van der Waals surface area contributed by atoms with E-state index in [2.05, 4.69) is 69.3 Å². The largest absolute Gasteiger partial charge is 0.337 e. The maximum atomic E-state index is 16.2. The number of benzene rings is 2.